The molecule has 3 aliphatic rings. The van der Waals surface area contributed by atoms with Gasteiger partial charge in [-0.25, -0.2) is 0 Å². The van der Waals surface area contributed by atoms with Crippen molar-refractivity contribution in [1.82, 2.24) is 0 Å². The van der Waals surface area contributed by atoms with Gasteiger partial charge >= 0.3 is 0 Å². The van der Waals surface area contributed by atoms with Crippen molar-refractivity contribution >= 4 is 23.1 Å². The third-order valence-electron chi connectivity index (χ3n) is 10.7. The van der Waals surface area contributed by atoms with Crippen molar-refractivity contribution in [3.05, 3.63) is 70.0 Å². The van der Waals surface area contributed by atoms with Crippen LogP contribution in [0.4, 0.5) is 0 Å². The topological polar surface area (TPSA) is 121 Å². The van der Waals surface area contributed by atoms with E-state index in [0.29, 0.717) is 24.3 Å². The summed E-state index contributed by atoms with van der Waals surface area (Å²) in [5.74, 6) is -4.25. The van der Waals surface area contributed by atoms with Crippen LogP contribution in [-0.2, 0) is 26.2 Å². The Kier molecular flexibility index (Phi) is 8.21. The lowest BCUT2D eigenvalue weighted by Crippen LogP contribution is -2.69. The number of benzene rings is 2. The largest absolute Gasteiger partial charge is 0.508 e. The first-order chi connectivity index (χ1) is 21.3. The van der Waals surface area contributed by atoms with Crippen molar-refractivity contribution in [2.45, 2.75) is 99.0 Å². The van der Waals surface area contributed by atoms with Crippen molar-refractivity contribution < 1.29 is 34.4 Å². The highest BCUT2D eigenvalue weighted by Gasteiger charge is 2.72. The maximum atomic E-state index is 14.7. The molecule has 4 atom stereocenters. The number of allylic oxidation sites excluding steroid dienone is 1. The van der Waals surface area contributed by atoms with Crippen LogP contribution in [0, 0.1) is 22.7 Å². The van der Waals surface area contributed by atoms with Crippen molar-refractivity contribution in [2.24, 2.45) is 22.7 Å². The van der Waals surface area contributed by atoms with E-state index in [1.807, 2.05) is 32.9 Å². The average Bonchev–Trinajstić information content (AvgIpc) is 2.94. The van der Waals surface area contributed by atoms with Crippen molar-refractivity contribution in [2.75, 3.05) is 6.61 Å². The third kappa shape index (κ3) is 4.76. The molecule has 0 radical (unpaired) electrons. The van der Waals surface area contributed by atoms with Crippen LogP contribution >= 0.6 is 0 Å². The Hall–Kier alpha value is -3.71. The lowest BCUT2D eigenvalue weighted by Gasteiger charge is -2.59. The number of aliphatic hydroxyl groups is 3. The van der Waals surface area contributed by atoms with Gasteiger partial charge in [0.1, 0.15) is 22.8 Å². The van der Waals surface area contributed by atoms with E-state index in [4.69, 9.17) is 4.74 Å². The van der Waals surface area contributed by atoms with Gasteiger partial charge in [-0.15, -0.1) is 0 Å². The standard InChI is InChI=1S/C39H48O7/c1-10-11-18-46-27-17-16-25(23-12-14-24(15-13-23)36(5,6)7)26-19-37(8)20-38(9)30(21(2)3)32(41)28(22(4)40)34(43)39(38,45)35(44)31(37)33(42)29(26)27/h12-17,21,30,42-43,45H,10-11,18-20H2,1-9H3. The summed E-state index contributed by atoms with van der Waals surface area (Å²) in [6.07, 6.45) is 2.14. The number of carbonyl (C=O) groups is 3. The number of rotatable bonds is 7. The molecule has 4 unspecified atom stereocenters. The predicted octanol–water partition coefficient (Wildman–Crippen LogP) is 7.63. The van der Waals surface area contributed by atoms with Crippen LogP contribution in [0.2, 0.25) is 0 Å². The van der Waals surface area contributed by atoms with Gasteiger partial charge < -0.3 is 20.1 Å². The maximum absolute atomic E-state index is 14.7. The highest BCUT2D eigenvalue weighted by Crippen LogP contribution is 2.65. The van der Waals surface area contributed by atoms with Gasteiger partial charge in [0.15, 0.2) is 17.2 Å². The minimum atomic E-state index is -2.58. The molecule has 46 heavy (non-hydrogen) atoms. The summed E-state index contributed by atoms with van der Waals surface area (Å²) in [7, 11) is 0. The minimum absolute atomic E-state index is 0.0214. The molecule has 3 aliphatic carbocycles. The predicted molar refractivity (Wildman–Crippen MR) is 179 cm³/mol. The van der Waals surface area contributed by atoms with E-state index in [-0.39, 0.29) is 29.1 Å². The summed E-state index contributed by atoms with van der Waals surface area (Å²) in [5, 5.41) is 36.0. The number of aliphatic hydroxyl groups excluding tert-OH is 2. The van der Waals surface area contributed by atoms with Crippen LogP contribution < -0.4 is 4.74 Å². The van der Waals surface area contributed by atoms with Crippen LogP contribution in [0.3, 0.4) is 0 Å². The number of carbonyl (C=O) groups excluding carboxylic acids is 3. The molecule has 2 aromatic rings. The highest BCUT2D eigenvalue weighted by atomic mass is 16.5. The summed E-state index contributed by atoms with van der Waals surface area (Å²) < 4.78 is 6.19. The van der Waals surface area contributed by atoms with Gasteiger partial charge in [0.2, 0.25) is 5.78 Å². The second kappa shape index (κ2) is 11.2. The molecule has 246 valence electrons. The van der Waals surface area contributed by atoms with Gasteiger partial charge in [0.25, 0.3) is 0 Å². The Morgan fingerprint density at radius 2 is 1.67 bits per heavy atom. The zero-order valence-corrected chi connectivity index (χ0v) is 28.6. The van der Waals surface area contributed by atoms with E-state index >= 15 is 0 Å². The van der Waals surface area contributed by atoms with E-state index in [9.17, 15) is 29.7 Å². The molecule has 0 saturated heterocycles. The SMILES string of the molecule is CCCCOc1ccc(-c2ccc(C(C)(C)C)cc2)c2c1C(O)=C1C(=O)C3(O)C(O)=C(C(C)=O)C(=O)C(C(C)C)C3(C)CC1(C)C2. The van der Waals surface area contributed by atoms with Gasteiger partial charge in [0.05, 0.1) is 12.2 Å². The second-order valence-electron chi connectivity index (χ2n) is 15.5. The van der Waals surface area contributed by atoms with Crippen molar-refractivity contribution in [3.63, 3.8) is 0 Å². The van der Waals surface area contributed by atoms with Gasteiger partial charge in [0, 0.05) is 22.3 Å². The number of ketones is 3. The third-order valence-corrected chi connectivity index (χ3v) is 10.7. The number of hydrogen-bond acceptors (Lipinski definition) is 7. The smallest absolute Gasteiger partial charge is 0.203 e. The molecular formula is C39H48O7. The molecular weight excluding hydrogens is 580 g/mol. The zero-order valence-electron chi connectivity index (χ0n) is 28.6. The molecule has 0 spiro atoms. The maximum Gasteiger partial charge on any atom is 0.203 e. The molecule has 0 aromatic heterocycles. The van der Waals surface area contributed by atoms with Crippen LogP contribution in [0.15, 0.2) is 53.3 Å². The quantitative estimate of drug-likeness (QED) is 0.213. The minimum Gasteiger partial charge on any atom is -0.508 e. The zero-order chi connectivity index (χ0) is 34.1. The van der Waals surface area contributed by atoms with Gasteiger partial charge in [-0.3, -0.25) is 14.4 Å². The van der Waals surface area contributed by atoms with E-state index < -0.39 is 51.0 Å². The van der Waals surface area contributed by atoms with Gasteiger partial charge in [-0.1, -0.05) is 92.1 Å². The second-order valence-corrected chi connectivity index (χ2v) is 15.5. The lowest BCUT2D eigenvalue weighted by molar-refractivity contribution is -0.178. The summed E-state index contributed by atoms with van der Waals surface area (Å²) in [6.45, 7) is 17.3. The fourth-order valence-electron chi connectivity index (χ4n) is 8.57. The molecule has 0 amide bonds. The summed E-state index contributed by atoms with van der Waals surface area (Å²) >= 11 is 0. The fourth-order valence-corrected chi connectivity index (χ4v) is 8.57. The molecule has 7 heteroatoms. The normalized spacial score (nSPS) is 27.8. The van der Waals surface area contributed by atoms with E-state index in [1.165, 1.54) is 5.56 Å². The lowest BCUT2D eigenvalue weighted by atomic mass is 9.43. The van der Waals surface area contributed by atoms with Crippen molar-refractivity contribution in [1.29, 1.82) is 0 Å². The van der Waals surface area contributed by atoms with E-state index in [0.717, 1.165) is 36.5 Å². The average molecular weight is 629 g/mol. The molecule has 1 saturated carbocycles. The van der Waals surface area contributed by atoms with Crippen LogP contribution in [0.5, 0.6) is 5.75 Å². The molecule has 5 rings (SSSR count). The Balaban J connectivity index is 1.79. The first-order valence-electron chi connectivity index (χ1n) is 16.4. The Bertz CT molecular complexity index is 1690. The molecule has 3 N–H and O–H groups in total. The molecule has 0 aliphatic heterocycles. The van der Waals surface area contributed by atoms with Crippen LogP contribution in [-0.4, -0.2) is 44.9 Å². The van der Waals surface area contributed by atoms with E-state index in [2.05, 4.69) is 52.0 Å². The number of Topliss-reactive ketones (excluding diaryl/α,β-unsaturated/α-hetero) is 3. The first kappa shape index (κ1) is 33.6. The van der Waals surface area contributed by atoms with Crippen LogP contribution in [0.25, 0.3) is 16.9 Å². The Morgan fingerprint density at radius 3 is 2.22 bits per heavy atom. The first-order valence-corrected chi connectivity index (χ1v) is 16.4. The number of fused-ring (bicyclic) bond motifs is 3. The summed E-state index contributed by atoms with van der Waals surface area (Å²) in [4.78, 5) is 41.2. The molecule has 1 fully saturated rings. The summed E-state index contributed by atoms with van der Waals surface area (Å²) in [6, 6.07) is 12.1. The highest BCUT2D eigenvalue weighted by molar-refractivity contribution is 6.24. The Morgan fingerprint density at radius 1 is 1.04 bits per heavy atom. The monoisotopic (exact) mass is 628 g/mol. The number of ether oxygens (including phenoxy) is 1. The molecule has 2 aromatic carbocycles. The van der Waals surface area contributed by atoms with Crippen molar-refractivity contribution in [3.8, 4) is 16.9 Å². The number of hydrogen-bond donors (Lipinski definition) is 3. The Labute approximate surface area is 272 Å². The fraction of sp³-hybridized carbons (Fsp3) is 0.513. The summed E-state index contributed by atoms with van der Waals surface area (Å²) in [5.41, 5.74) is -1.41. The molecule has 0 heterocycles. The van der Waals surface area contributed by atoms with Crippen LogP contribution in [0.1, 0.15) is 98.3 Å². The van der Waals surface area contributed by atoms with E-state index in [1.54, 1.807) is 6.92 Å². The molecule has 0 bridgehead atoms. The van der Waals surface area contributed by atoms with Gasteiger partial charge in [-0.2, -0.15) is 0 Å². The molecule has 7 nitrogen and oxygen atoms in total. The number of unbranched alkanes of at least 4 members (excludes halogenated alkanes) is 1. The van der Waals surface area contributed by atoms with Gasteiger partial charge in [-0.05, 0) is 65.8 Å².